The predicted molar refractivity (Wildman–Crippen MR) is 168 cm³/mol. The number of nitrogens with one attached hydrogen (secondary N) is 2. The van der Waals surface area contributed by atoms with Gasteiger partial charge in [0.2, 0.25) is 5.91 Å². The molecule has 7 nitrogen and oxygen atoms in total. The van der Waals surface area contributed by atoms with Crippen molar-refractivity contribution in [2.75, 3.05) is 31.6 Å². The molecule has 12 heteroatoms. The number of amides is 2. The second kappa shape index (κ2) is 15.6. The molecule has 2 N–H and O–H groups in total. The van der Waals surface area contributed by atoms with E-state index in [1.165, 1.54) is 17.8 Å². The number of benzene rings is 2. The van der Waals surface area contributed by atoms with E-state index in [0.717, 1.165) is 42.6 Å². The van der Waals surface area contributed by atoms with Gasteiger partial charge in [-0.05, 0) is 85.7 Å². The number of thioether (sulfide) groups is 1. The van der Waals surface area contributed by atoms with E-state index in [-0.39, 0.29) is 28.2 Å². The van der Waals surface area contributed by atoms with Crippen LogP contribution >= 0.6 is 11.8 Å². The molecule has 2 aromatic carbocycles. The van der Waals surface area contributed by atoms with E-state index in [1.54, 1.807) is 24.3 Å². The summed E-state index contributed by atoms with van der Waals surface area (Å²) >= 11 is 1.52. The van der Waals surface area contributed by atoms with E-state index in [9.17, 15) is 31.2 Å². The van der Waals surface area contributed by atoms with Gasteiger partial charge in [0.1, 0.15) is 0 Å². The van der Waals surface area contributed by atoms with E-state index < -0.39 is 46.0 Å². The molecule has 2 amide bonds. The van der Waals surface area contributed by atoms with Crippen LogP contribution < -0.4 is 10.6 Å². The number of hydrogen-bond donors (Lipinski definition) is 2. The lowest BCUT2D eigenvalue weighted by molar-refractivity contribution is -0.137. The van der Waals surface area contributed by atoms with Gasteiger partial charge in [0.15, 0.2) is 9.84 Å². The summed E-state index contributed by atoms with van der Waals surface area (Å²) in [5.74, 6) is -0.957. The lowest BCUT2D eigenvalue weighted by Gasteiger charge is -2.42. The average Bonchev–Trinajstić information content (AvgIpc) is 2.95. The summed E-state index contributed by atoms with van der Waals surface area (Å²) in [7, 11) is -3.64. The van der Waals surface area contributed by atoms with Crippen molar-refractivity contribution >= 4 is 33.4 Å². The number of alkyl halides is 3. The Hall–Kier alpha value is -2.57. The van der Waals surface area contributed by atoms with Gasteiger partial charge in [0.05, 0.1) is 22.8 Å². The Labute approximate surface area is 263 Å². The minimum atomic E-state index is -4.60. The summed E-state index contributed by atoms with van der Waals surface area (Å²) in [6.07, 6.45) is -0.737. The van der Waals surface area contributed by atoms with Crippen molar-refractivity contribution in [3.05, 3.63) is 59.7 Å². The first kappa shape index (κ1) is 35.9. The van der Waals surface area contributed by atoms with Crippen LogP contribution in [0.25, 0.3) is 0 Å². The number of hydrogen-bond acceptors (Lipinski definition) is 6. The van der Waals surface area contributed by atoms with Crippen LogP contribution in [0.2, 0.25) is 0 Å². The van der Waals surface area contributed by atoms with Crippen LogP contribution in [0.1, 0.15) is 62.9 Å². The van der Waals surface area contributed by atoms with Crippen molar-refractivity contribution in [3.63, 3.8) is 0 Å². The van der Waals surface area contributed by atoms with Gasteiger partial charge in [-0.1, -0.05) is 33.8 Å². The number of rotatable bonds is 13. The zero-order chi connectivity index (χ0) is 32.7. The van der Waals surface area contributed by atoms with Gasteiger partial charge in [-0.25, -0.2) is 8.42 Å². The van der Waals surface area contributed by atoms with Gasteiger partial charge in [0, 0.05) is 35.6 Å². The Balaban J connectivity index is 1.76. The largest absolute Gasteiger partial charge is 0.416 e. The molecule has 0 aliphatic heterocycles. The van der Waals surface area contributed by atoms with E-state index >= 15 is 0 Å². The Morgan fingerprint density at radius 1 is 1.00 bits per heavy atom. The highest BCUT2D eigenvalue weighted by Crippen LogP contribution is 2.32. The van der Waals surface area contributed by atoms with E-state index in [2.05, 4.69) is 43.2 Å². The van der Waals surface area contributed by atoms with Crippen LogP contribution in [0.4, 0.5) is 13.2 Å². The Morgan fingerprint density at radius 3 is 2.20 bits per heavy atom. The Bertz CT molecular complexity index is 1360. The van der Waals surface area contributed by atoms with Gasteiger partial charge in [-0.3, -0.25) is 14.5 Å². The Kier molecular flexibility index (Phi) is 12.7. The normalized spacial score (nSPS) is 19.4. The summed E-state index contributed by atoms with van der Waals surface area (Å²) in [5.41, 5.74) is -1.16. The van der Waals surface area contributed by atoms with Gasteiger partial charge in [0.25, 0.3) is 5.91 Å². The van der Waals surface area contributed by atoms with Crippen molar-refractivity contribution < 1.29 is 31.2 Å². The number of carbonyl (C=O) groups is 2. The summed E-state index contributed by atoms with van der Waals surface area (Å²) in [6.45, 7) is 9.91. The number of sulfone groups is 1. The standard InChI is InChI=1S/C32H44F3N3O4S2/c1-21(2)18-38(19-22(3)4)26-10-9-24(20-44(41,42)28-13-11-27(43-5)12-14-28)29(16-26)37-30(39)17-36-31(40)23-7-6-8-25(15-23)32(33,34)35/h6-8,11-15,21-22,24,26,29H,9-10,16-20H2,1-5H3,(H,36,40)(H,37,39)/t24-,26+,29-/m0/s1. The van der Waals surface area contributed by atoms with Crippen molar-refractivity contribution in [1.29, 1.82) is 0 Å². The van der Waals surface area contributed by atoms with Crippen LogP contribution in [0.5, 0.6) is 0 Å². The highest BCUT2D eigenvalue weighted by Gasteiger charge is 2.37. The first-order valence-corrected chi connectivity index (χ1v) is 17.8. The molecule has 2 aromatic rings. The van der Waals surface area contributed by atoms with Crippen molar-refractivity contribution in [1.82, 2.24) is 15.5 Å². The van der Waals surface area contributed by atoms with Crippen LogP contribution in [0, 0.1) is 17.8 Å². The number of nitrogens with zero attached hydrogens (tertiary/aromatic N) is 1. The van der Waals surface area contributed by atoms with Crippen LogP contribution in [-0.4, -0.2) is 68.9 Å². The van der Waals surface area contributed by atoms with Gasteiger partial charge < -0.3 is 10.6 Å². The zero-order valence-electron chi connectivity index (χ0n) is 26.0. The first-order valence-electron chi connectivity index (χ1n) is 14.9. The molecule has 44 heavy (non-hydrogen) atoms. The topological polar surface area (TPSA) is 95.6 Å². The molecule has 3 atom stereocenters. The van der Waals surface area contributed by atoms with Crippen molar-refractivity contribution in [2.45, 2.75) is 75.0 Å². The van der Waals surface area contributed by atoms with Crippen LogP contribution in [0.15, 0.2) is 58.3 Å². The molecule has 0 unspecified atom stereocenters. The molecule has 1 aliphatic rings. The van der Waals surface area contributed by atoms with Gasteiger partial charge in [-0.2, -0.15) is 13.2 Å². The van der Waals surface area contributed by atoms with Gasteiger partial charge in [-0.15, -0.1) is 11.8 Å². The zero-order valence-corrected chi connectivity index (χ0v) is 27.6. The molecule has 0 radical (unpaired) electrons. The minimum absolute atomic E-state index is 0.131. The maximum atomic E-state index is 13.4. The highest BCUT2D eigenvalue weighted by atomic mass is 32.2. The predicted octanol–water partition coefficient (Wildman–Crippen LogP) is 5.90. The summed E-state index contributed by atoms with van der Waals surface area (Å²) in [4.78, 5) is 29.3. The smallest absolute Gasteiger partial charge is 0.351 e. The lowest BCUT2D eigenvalue weighted by Crippen LogP contribution is -2.53. The monoisotopic (exact) mass is 655 g/mol. The Morgan fingerprint density at radius 2 is 1.64 bits per heavy atom. The highest BCUT2D eigenvalue weighted by molar-refractivity contribution is 7.98. The van der Waals surface area contributed by atoms with Crippen LogP contribution in [0.3, 0.4) is 0 Å². The second-order valence-corrected chi connectivity index (χ2v) is 15.3. The molecule has 1 fully saturated rings. The SMILES string of the molecule is CSc1ccc(S(=O)(=O)C[C@@H]2CC[C@@H](N(CC(C)C)CC(C)C)C[C@@H]2NC(=O)CNC(=O)c2cccc(C(F)(F)F)c2)cc1. The maximum absolute atomic E-state index is 13.4. The average molecular weight is 656 g/mol. The first-order chi connectivity index (χ1) is 20.6. The molecule has 0 aromatic heterocycles. The van der Waals surface area contributed by atoms with Crippen molar-refractivity contribution in [2.24, 2.45) is 17.8 Å². The fourth-order valence-corrected chi connectivity index (χ4v) is 7.86. The molecule has 0 saturated heterocycles. The fraction of sp³-hybridized carbons (Fsp3) is 0.562. The molecule has 0 spiro atoms. The van der Waals surface area contributed by atoms with E-state index in [0.29, 0.717) is 24.7 Å². The second-order valence-electron chi connectivity index (χ2n) is 12.4. The lowest BCUT2D eigenvalue weighted by atomic mass is 9.81. The molecule has 0 heterocycles. The summed E-state index contributed by atoms with van der Waals surface area (Å²) in [5, 5.41) is 5.37. The van der Waals surface area contributed by atoms with Gasteiger partial charge >= 0.3 is 6.18 Å². The molecule has 1 aliphatic carbocycles. The third kappa shape index (κ3) is 10.5. The molecule has 244 valence electrons. The van der Waals surface area contributed by atoms with E-state index in [4.69, 9.17) is 0 Å². The molecular weight excluding hydrogens is 611 g/mol. The summed E-state index contributed by atoms with van der Waals surface area (Å²) < 4.78 is 66.1. The van der Waals surface area contributed by atoms with Crippen LogP contribution in [-0.2, 0) is 20.8 Å². The molecule has 3 rings (SSSR count). The number of halogens is 3. The third-order valence-corrected chi connectivity index (χ3v) is 10.3. The van der Waals surface area contributed by atoms with Crippen molar-refractivity contribution in [3.8, 4) is 0 Å². The van der Waals surface area contributed by atoms with E-state index in [1.807, 2.05) is 6.26 Å². The fourth-order valence-electron chi connectivity index (χ4n) is 5.75. The third-order valence-electron chi connectivity index (χ3n) is 7.74. The molecule has 0 bridgehead atoms. The summed E-state index contributed by atoms with van der Waals surface area (Å²) in [6, 6.07) is 10.4. The molecule has 1 saturated carbocycles. The molecular formula is C32H44F3N3O4S2. The quantitative estimate of drug-likeness (QED) is 0.261. The maximum Gasteiger partial charge on any atom is 0.416 e. The number of carbonyl (C=O) groups excluding carboxylic acids is 2. The minimum Gasteiger partial charge on any atom is -0.351 e.